The van der Waals surface area contributed by atoms with Crippen LogP contribution >= 0.6 is 0 Å². The molecule has 0 aliphatic carbocycles. The molecule has 1 aliphatic heterocycles. The number of carbonyl (C=O) groups is 1. The van der Waals surface area contributed by atoms with E-state index in [4.69, 9.17) is 4.74 Å². The number of nitrogens with zero attached hydrogens (tertiary/aromatic N) is 1. The van der Waals surface area contributed by atoms with Crippen LogP contribution in [0.5, 0.6) is 5.75 Å². The van der Waals surface area contributed by atoms with E-state index in [0.29, 0.717) is 19.2 Å². The van der Waals surface area contributed by atoms with Gasteiger partial charge in [-0.2, -0.15) is 4.31 Å². The molecule has 9 heteroatoms. The van der Waals surface area contributed by atoms with Crippen molar-refractivity contribution in [1.29, 1.82) is 0 Å². The summed E-state index contributed by atoms with van der Waals surface area (Å²) in [7, 11) is -3.72. The minimum absolute atomic E-state index is 0.0172. The van der Waals surface area contributed by atoms with Gasteiger partial charge < -0.3 is 10.1 Å². The minimum Gasteiger partial charge on any atom is -0.492 e. The van der Waals surface area contributed by atoms with E-state index in [1.165, 1.54) is 22.5 Å². The molecule has 0 bridgehead atoms. The molecule has 0 unspecified atom stereocenters. The van der Waals surface area contributed by atoms with Gasteiger partial charge in [0, 0.05) is 24.7 Å². The van der Waals surface area contributed by atoms with Crippen molar-refractivity contribution in [2.24, 2.45) is 0 Å². The van der Waals surface area contributed by atoms with Crippen LogP contribution < -0.4 is 10.1 Å². The number of rotatable bonds is 6. The maximum Gasteiger partial charge on any atom is 0.255 e. The van der Waals surface area contributed by atoms with Crippen molar-refractivity contribution in [2.45, 2.75) is 31.1 Å². The first kappa shape index (κ1) is 21.2. The molecule has 3 rings (SSSR count). The van der Waals surface area contributed by atoms with Crippen LogP contribution in [0.15, 0.2) is 41.3 Å². The Morgan fingerprint density at radius 2 is 1.72 bits per heavy atom. The first-order chi connectivity index (χ1) is 13.8. The number of carbonyl (C=O) groups excluding carboxylic acids is 1. The quantitative estimate of drug-likeness (QED) is 0.766. The summed E-state index contributed by atoms with van der Waals surface area (Å²) >= 11 is 0. The smallest absolute Gasteiger partial charge is 0.255 e. The molecule has 0 aromatic heterocycles. The third kappa shape index (κ3) is 4.91. The van der Waals surface area contributed by atoms with Crippen molar-refractivity contribution in [3.63, 3.8) is 0 Å². The van der Waals surface area contributed by atoms with Crippen LogP contribution in [0.25, 0.3) is 0 Å². The van der Waals surface area contributed by atoms with Gasteiger partial charge in [-0.05, 0) is 50.1 Å². The highest BCUT2D eigenvalue weighted by Gasteiger charge is 2.27. The highest BCUT2D eigenvalue weighted by Crippen LogP contribution is 2.30. The Kier molecular flexibility index (Phi) is 6.49. The van der Waals surface area contributed by atoms with Gasteiger partial charge in [-0.1, -0.05) is 6.42 Å². The fourth-order valence-corrected chi connectivity index (χ4v) is 4.73. The van der Waals surface area contributed by atoms with E-state index < -0.39 is 27.6 Å². The summed E-state index contributed by atoms with van der Waals surface area (Å²) in [5.74, 6) is -2.30. The standard InChI is InChI=1S/C20H22F2N2O4S/c1-2-28-19-7-6-17(29(26,27)24-8-4-3-5-9-24)13-18(19)23-20(25)14-10-15(21)12-16(22)11-14/h6-7,10-13H,2-5,8-9H2,1H3,(H,23,25). The topological polar surface area (TPSA) is 75.7 Å². The van der Waals surface area contributed by atoms with Crippen LogP contribution in [0.4, 0.5) is 14.5 Å². The van der Waals surface area contributed by atoms with Crippen LogP contribution in [0.2, 0.25) is 0 Å². The second-order valence-electron chi connectivity index (χ2n) is 6.67. The third-order valence-corrected chi connectivity index (χ3v) is 6.47. The first-order valence-electron chi connectivity index (χ1n) is 9.35. The molecule has 1 amide bonds. The Hall–Kier alpha value is -2.52. The third-order valence-electron chi connectivity index (χ3n) is 4.58. The summed E-state index contributed by atoms with van der Waals surface area (Å²) in [5.41, 5.74) is -0.117. The zero-order valence-electron chi connectivity index (χ0n) is 16.0. The highest BCUT2D eigenvalue weighted by atomic mass is 32.2. The molecule has 6 nitrogen and oxygen atoms in total. The number of benzene rings is 2. The number of halogens is 2. The van der Waals surface area contributed by atoms with Crippen LogP contribution in [-0.4, -0.2) is 38.3 Å². The lowest BCUT2D eigenvalue weighted by Gasteiger charge is -2.26. The molecule has 1 N–H and O–H groups in total. The van der Waals surface area contributed by atoms with Crippen molar-refractivity contribution in [3.8, 4) is 5.75 Å². The van der Waals surface area contributed by atoms with Gasteiger partial charge in [-0.15, -0.1) is 0 Å². The predicted molar refractivity (Wildman–Crippen MR) is 105 cm³/mol. The molecule has 2 aromatic rings. The van der Waals surface area contributed by atoms with Crippen molar-refractivity contribution >= 4 is 21.6 Å². The van der Waals surface area contributed by atoms with Gasteiger partial charge >= 0.3 is 0 Å². The largest absolute Gasteiger partial charge is 0.492 e. The second kappa shape index (κ2) is 8.87. The Labute approximate surface area is 168 Å². The van der Waals surface area contributed by atoms with Gasteiger partial charge in [0.25, 0.3) is 5.91 Å². The first-order valence-corrected chi connectivity index (χ1v) is 10.8. The maximum absolute atomic E-state index is 13.4. The molecule has 29 heavy (non-hydrogen) atoms. The number of sulfonamides is 1. The molecule has 0 saturated carbocycles. The summed E-state index contributed by atoms with van der Waals surface area (Å²) in [6, 6.07) is 6.64. The zero-order chi connectivity index (χ0) is 21.0. The van der Waals surface area contributed by atoms with Crippen molar-refractivity contribution in [1.82, 2.24) is 4.31 Å². The normalized spacial score (nSPS) is 15.1. The summed E-state index contributed by atoms with van der Waals surface area (Å²) in [4.78, 5) is 12.5. The van der Waals surface area contributed by atoms with Gasteiger partial charge in [0.05, 0.1) is 17.2 Å². The van der Waals surface area contributed by atoms with Crippen LogP contribution in [0.1, 0.15) is 36.5 Å². The van der Waals surface area contributed by atoms with E-state index in [2.05, 4.69) is 5.32 Å². The molecule has 0 spiro atoms. The number of hydrogen-bond acceptors (Lipinski definition) is 4. The predicted octanol–water partition coefficient (Wildman–Crippen LogP) is 3.79. The Balaban J connectivity index is 1.93. The van der Waals surface area contributed by atoms with Crippen LogP contribution in [0, 0.1) is 11.6 Å². The molecule has 0 radical (unpaired) electrons. The van der Waals surface area contributed by atoms with Gasteiger partial charge in [-0.25, -0.2) is 17.2 Å². The fourth-order valence-electron chi connectivity index (χ4n) is 3.18. The zero-order valence-corrected chi connectivity index (χ0v) is 16.8. The number of hydrogen-bond donors (Lipinski definition) is 1. The number of ether oxygens (including phenoxy) is 1. The monoisotopic (exact) mass is 424 g/mol. The van der Waals surface area contributed by atoms with Crippen LogP contribution in [-0.2, 0) is 10.0 Å². The van der Waals surface area contributed by atoms with E-state index >= 15 is 0 Å². The molecule has 1 fully saturated rings. The van der Waals surface area contributed by atoms with Crippen LogP contribution in [0.3, 0.4) is 0 Å². The second-order valence-corrected chi connectivity index (χ2v) is 8.61. The summed E-state index contributed by atoms with van der Waals surface area (Å²) in [6.45, 7) is 2.92. The van der Waals surface area contributed by atoms with Crippen molar-refractivity contribution < 1.29 is 26.7 Å². The van der Waals surface area contributed by atoms with E-state index in [9.17, 15) is 22.0 Å². The van der Waals surface area contributed by atoms with Crippen molar-refractivity contribution in [3.05, 3.63) is 53.6 Å². The molecule has 156 valence electrons. The average Bonchev–Trinajstić information content (AvgIpc) is 2.69. The lowest BCUT2D eigenvalue weighted by molar-refractivity contribution is 0.102. The van der Waals surface area contributed by atoms with E-state index in [1.807, 2.05) is 0 Å². The maximum atomic E-state index is 13.4. The highest BCUT2D eigenvalue weighted by molar-refractivity contribution is 7.89. The minimum atomic E-state index is -3.72. The number of amides is 1. The lowest BCUT2D eigenvalue weighted by atomic mass is 10.2. The molecule has 1 heterocycles. The van der Waals surface area contributed by atoms with E-state index in [-0.39, 0.29) is 28.5 Å². The molecule has 1 saturated heterocycles. The lowest BCUT2D eigenvalue weighted by Crippen LogP contribution is -2.35. The molecular weight excluding hydrogens is 402 g/mol. The molecule has 1 aliphatic rings. The summed E-state index contributed by atoms with van der Waals surface area (Å²) in [5, 5.41) is 2.50. The van der Waals surface area contributed by atoms with E-state index in [0.717, 1.165) is 31.4 Å². The van der Waals surface area contributed by atoms with Gasteiger partial charge in [-0.3, -0.25) is 4.79 Å². The summed E-state index contributed by atoms with van der Waals surface area (Å²) < 4.78 is 59.6. The fraction of sp³-hybridized carbons (Fsp3) is 0.350. The van der Waals surface area contributed by atoms with Gasteiger partial charge in [0.15, 0.2) is 0 Å². The van der Waals surface area contributed by atoms with Gasteiger partial charge in [0.2, 0.25) is 10.0 Å². The average molecular weight is 424 g/mol. The van der Waals surface area contributed by atoms with Gasteiger partial charge in [0.1, 0.15) is 17.4 Å². The Morgan fingerprint density at radius 1 is 1.07 bits per heavy atom. The van der Waals surface area contributed by atoms with Crippen molar-refractivity contribution in [2.75, 3.05) is 25.0 Å². The van der Waals surface area contributed by atoms with E-state index in [1.54, 1.807) is 6.92 Å². The number of anilines is 1. The number of piperidine rings is 1. The molecular formula is C20H22F2N2O4S. The molecule has 0 atom stereocenters. The molecule has 2 aromatic carbocycles. The number of nitrogens with one attached hydrogen (secondary N) is 1. The Bertz CT molecular complexity index is 985. The Morgan fingerprint density at radius 3 is 2.34 bits per heavy atom. The summed E-state index contributed by atoms with van der Waals surface area (Å²) in [6.07, 6.45) is 2.58. The SMILES string of the molecule is CCOc1ccc(S(=O)(=O)N2CCCCC2)cc1NC(=O)c1cc(F)cc(F)c1.